The number of carbonyl (C=O) groups is 3. The van der Waals surface area contributed by atoms with Gasteiger partial charge in [0.25, 0.3) is 5.91 Å². The number of esters is 2. The summed E-state index contributed by atoms with van der Waals surface area (Å²) < 4.78 is 33.4. The average molecular weight is 447 g/mol. The van der Waals surface area contributed by atoms with Crippen LogP contribution >= 0.6 is 11.3 Å². The SMILES string of the molecule is COC(=O)c1sc(NC(=O)c2ccc(COc3ccc(F)cc3)o2)c(C(=O)OC)c1C. The minimum Gasteiger partial charge on any atom is -0.486 e. The summed E-state index contributed by atoms with van der Waals surface area (Å²) in [5.41, 5.74) is 0.402. The monoisotopic (exact) mass is 447 g/mol. The molecule has 1 N–H and O–H groups in total. The summed E-state index contributed by atoms with van der Waals surface area (Å²) >= 11 is 0.897. The van der Waals surface area contributed by atoms with Gasteiger partial charge in [0.1, 0.15) is 33.8 Å². The zero-order valence-corrected chi connectivity index (χ0v) is 17.6. The van der Waals surface area contributed by atoms with Crippen molar-refractivity contribution in [1.29, 1.82) is 0 Å². The predicted octanol–water partition coefficient (Wildman–Crippen LogP) is 4.19. The van der Waals surface area contributed by atoms with Crippen LogP contribution in [0.4, 0.5) is 9.39 Å². The van der Waals surface area contributed by atoms with E-state index in [2.05, 4.69) is 5.32 Å². The maximum absolute atomic E-state index is 12.9. The topological polar surface area (TPSA) is 104 Å². The number of nitrogens with one attached hydrogen (secondary N) is 1. The third kappa shape index (κ3) is 4.92. The van der Waals surface area contributed by atoms with Crippen molar-refractivity contribution in [3.63, 3.8) is 0 Å². The molecular weight excluding hydrogens is 429 g/mol. The molecule has 0 saturated carbocycles. The van der Waals surface area contributed by atoms with Gasteiger partial charge in [0.05, 0.1) is 19.8 Å². The van der Waals surface area contributed by atoms with Gasteiger partial charge >= 0.3 is 11.9 Å². The number of halogens is 1. The smallest absolute Gasteiger partial charge is 0.348 e. The molecule has 3 aromatic rings. The number of methoxy groups -OCH3 is 2. The van der Waals surface area contributed by atoms with E-state index < -0.39 is 17.8 Å². The fourth-order valence-corrected chi connectivity index (χ4v) is 3.77. The maximum Gasteiger partial charge on any atom is 0.348 e. The number of furan rings is 1. The van der Waals surface area contributed by atoms with Crippen molar-refractivity contribution in [2.75, 3.05) is 19.5 Å². The van der Waals surface area contributed by atoms with Crippen LogP contribution in [0.1, 0.15) is 41.9 Å². The Balaban J connectivity index is 1.75. The van der Waals surface area contributed by atoms with E-state index in [1.807, 2.05) is 0 Å². The standard InChI is InChI=1S/C21H18FNO7S/c1-11-16(20(25)27-2)19(31-17(11)21(26)28-3)23-18(24)15-9-8-14(30-15)10-29-13-6-4-12(22)5-7-13/h4-9H,10H2,1-3H3,(H,23,24). The normalized spacial score (nSPS) is 10.5. The lowest BCUT2D eigenvalue weighted by Crippen LogP contribution is -2.13. The molecule has 0 unspecified atom stereocenters. The van der Waals surface area contributed by atoms with E-state index in [0.29, 0.717) is 17.1 Å². The third-order valence-electron chi connectivity index (χ3n) is 4.21. The summed E-state index contributed by atoms with van der Waals surface area (Å²) in [5.74, 6) is -1.57. The van der Waals surface area contributed by atoms with E-state index in [1.165, 1.54) is 44.6 Å². The number of carbonyl (C=O) groups excluding carboxylic acids is 3. The van der Waals surface area contributed by atoms with Gasteiger partial charge in [0, 0.05) is 0 Å². The highest BCUT2D eigenvalue weighted by atomic mass is 32.1. The van der Waals surface area contributed by atoms with Crippen molar-refractivity contribution in [3.8, 4) is 5.75 Å². The average Bonchev–Trinajstić information content (AvgIpc) is 3.37. The van der Waals surface area contributed by atoms with Gasteiger partial charge in [0.2, 0.25) is 0 Å². The largest absolute Gasteiger partial charge is 0.486 e. The fourth-order valence-electron chi connectivity index (χ4n) is 2.66. The van der Waals surface area contributed by atoms with Crippen molar-refractivity contribution in [2.45, 2.75) is 13.5 Å². The highest BCUT2D eigenvalue weighted by Gasteiger charge is 2.27. The summed E-state index contributed by atoms with van der Waals surface area (Å²) in [6.07, 6.45) is 0. The summed E-state index contributed by atoms with van der Waals surface area (Å²) in [5, 5.41) is 2.70. The van der Waals surface area contributed by atoms with E-state index in [-0.39, 0.29) is 33.6 Å². The summed E-state index contributed by atoms with van der Waals surface area (Å²) in [6, 6.07) is 8.47. The van der Waals surface area contributed by atoms with Crippen LogP contribution in [0.15, 0.2) is 40.8 Å². The summed E-state index contributed by atoms with van der Waals surface area (Å²) in [4.78, 5) is 36.9. The first kappa shape index (κ1) is 22.0. The predicted molar refractivity (Wildman–Crippen MR) is 109 cm³/mol. The van der Waals surface area contributed by atoms with Gasteiger partial charge in [-0.05, 0) is 48.9 Å². The van der Waals surface area contributed by atoms with Crippen LogP contribution in [0.5, 0.6) is 5.75 Å². The van der Waals surface area contributed by atoms with Gasteiger partial charge in [-0.2, -0.15) is 0 Å². The molecule has 2 aromatic heterocycles. The third-order valence-corrected chi connectivity index (χ3v) is 5.40. The van der Waals surface area contributed by atoms with Crippen LogP contribution in [0.25, 0.3) is 0 Å². The number of thiophene rings is 1. The Kier molecular flexibility index (Phi) is 6.71. The molecule has 0 atom stereocenters. The molecule has 0 saturated heterocycles. The second-order valence-corrected chi connectivity index (χ2v) is 7.23. The number of anilines is 1. The zero-order valence-electron chi connectivity index (χ0n) is 16.8. The molecule has 0 bridgehead atoms. The van der Waals surface area contributed by atoms with Crippen molar-refractivity contribution < 1.29 is 37.4 Å². The Labute approximate surface area is 180 Å². The molecule has 0 aliphatic rings. The summed E-state index contributed by atoms with van der Waals surface area (Å²) in [7, 11) is 2.42. The highest BCUT2D eigenvalue weighted by molar-refractivity contribution is 7.18. The molecule has 3 rings (SSSR count). The fraction of sp³-hybridized carbons (Fsp3) is 0.190. The molecule has 0 aliphatic heterocycles. The van der Waals surface area contributed by atoms with Gasteiger partial charge < -0.3 is 23.9 Å². The molecule has 162 valence electrons. The van der Waals surface area contributed by atoms with Gasteiger partial charge in [-0.15, -0.1) is 11.3 Å². The lowest BCUT2D eigenvalue weighted by molar-refractivity contribution is 0.0601. The van der Waals surface area contributed by atoms with Gasteiger partial charge in [0.15, 0.2) is 5.76 Å². The van der Waals surface area contributed by atoms with Crippen molar-refractivity contribution in [2.24, 2.45) is 0 Å². The van der Waals surface area contributed by atoms with E-state index in [9.17, 15) is 18.8 Å². The van der Waals surface area contributed by atoms with E-state index >= 15 is 0 Å². The highest BCUT2D eigenvalue weighted by Crippen LogP contribution is 2.34. The number of amides is 1. The molecule has 2 heterocycles. The molecule has 0 spiro atoms. The molecule has 0 radical (unpaired) electrons. The quantitative estimate of drug-likeness (QED) is 0.542. The second-order valence-electron chi connectivity index (χ2n) is 6.21. The van der Waals surface area contributed by atoms with Crippen LogP contribution in [-0.2, 0) is 16.1 Å². The molecular formula is C21H18FNO7S. The summed E-state index contributed by atoms with van der Waals surface area (Å²) in [6.45, 7) is 1.58. The Morgan fingerprint density at radius 3 is 2.35 bits per heavy atom. The van der Waals surface area contributed by atoms with Crippen molar-refractivity contribution >= 4 is 34.2 Å². The molecule has 8 nitrogen and oxygen atoms in total. The first-order chi connectivity index (χ1) is 14.8. The van der Waals surface area contributed by atoms with Crippen LogP contribution in [0.2, 0.25) is 0 Å². The Hall–Kier alpha value is -3.66. The first-order valence-electron chi connectivity index (χ1n) is 8.92. The molecule has 10 heteroatoms. The van der Waals surface area contributed by atoms with Gasteiger partial charge in [-0.1, -0.05) is 0 Å². The lowest BCUT2D eigenvalue weighted by atomic mass is 10.1. The zero-order chi connectivity index (χ0) is 22.5. The van der Waals surface area contributed by atoms with E-state index in [4.69, 9.17) is 18.6 Å². The maximum atomic E-state index is 12.9. The van der Waals surface area contributed by atoms with Crippen LogP contribution in [0.3, 0.4) is 0 Å². The second kappa shape index (κ2) is 9.43. The Morgan fingerprint density at radius 1 is 1.03 bits per heavy atom. The van der Waals surface area contributed by atoms with Gasteiger partial charge in [-0.25, -0.2) is 14.0 Å². The molecule has 31 heavy (non-hydrogen) atoms. The minimum absolute atomic E-state index is 0.0247. The van der Waals surface area contributed by atoms with Crippen molar-refractivity contribution in [3.05, 3.63) is 69.7 Å². The Morgan fingerprint density at radius 2 is 1.71 bits per heavy atom. The lowest BCUT2D eigenvalue weighted by Gasteiger charge is -2.05. The van der Waals surface area contributed by atoms with Crippen LogP contribution in [0, 0.1) is 12.7 Å². The molecule has 1 aromatic carbocycles. The van der Waals surface area contributed by atoms with E-state index in [1.54, 1.807) is 13.0 Å². The van der Waals surface area contributed by atoms with Crippen LogP contribution in [-0.4, -0.2) is 32.1 Å². The van der Waals surface area contributed by atoms with Crippen LogP contribution < -0.4 is 10.1 Å². The van der Waals surface area contributed by atoms with E-state index in [0.717, 1.165) is 11.3 Å². The molecule has 1 amide bonds. The first-order valence-corrected chi connectivity index (χ1v) is 9.74. The minimum atomic E-state index is -0.702. The van der Waals surface area contributed by atoms with Gasteiger partial charge in [-0.3, -0.25) is 4.79 Å². The molecule has 0 aliphatic carbocycles. The Bertz CT molecular complexity index is 1120. The number of hydrogen-bond donors (Lipinski definition) is 1. The number of hydrogen-bond acceptors (Lipinski definition) is 8. The number of rotatable bonds is 7. The van der Waals surface area contributed by atoms with Crippen molar-refractivity contribution in [1.82, 2.24) is 0 Å². The number of benzene rings is 1. The number of ether oxygens (including phenoxy) is 3. The molecule has 0 fully saturated rings.